The molecular weight excluding hydrogens is 208 g/mol. The molecule has 0 saturated carbocycles. The van der Waals surface area contributed by atoms with E-state index in [9.17, 15) is 0 Å². The fraction of sp³-hybridized carbons (Fsp3) is 0.500. The first-order valence-corrected chi connectivity index (χ1v) is 6.41. The van der Waals surface area contributed by atoms with E-state index in [0.29, 0.717) is 5.92 Å². The van der Waals surface area contributed by atoms with Crippen molar-refractivity contribution in [2.75, 3.05) is 7.11 Å². The number of hydrogen-bond acceptors (Lipinski definition) is 1. The molecule has 1 aliphatic rings. The summed E-state index contributed by atoms with van der Waals surface area (Å²) in [6.07, 6.45) is 2.45. The molecule has 0 N–H and O–H groups in total. The quantitative estimate of drug-likeness (QED) is 0.677. The average Bonchev–Trinajstić information content (AvgIpc) is 2.34. The van der Waals surface area contributed by atoms with Crippen LogP contribution in [0.2, 0.25) is 0 Å². The molecule has 1 heteroatoms. The second-order valence-corrected chi connectivity index (χ2v) is 5.33. The molecule has 1 aromatic carbocycles. The van der Waals surface area contributed by atoms with Crippen LogP contribution in [0.25, 0.3) is 0 Å². The zero-order valence-electron chi connectivity index (χ0n) is 11.3. The molecular formula is C16H22O. The number of rotatable bonds is 2. The summed E-state index contributed by atoms with van der Waals surface area (Å²) in [5.41, 5.74) is 4.61. The third kappa shape index (κ3) is 2.54. The number of allylic oxidation sites excluding steroid dienone is 2. The fourth-order valence-corrected chi connectivity index (χ4v) is 2.80. The van der Waals surface area contributed by atoms with Crippen molar-refractivity contribution in [1.29, 1.82) is 0 Å². The Kier molecular flexibility index (Phi) is 3.56. The molecule has 1 aliphatic carbocycles. The summed E-state index contributed by atoms with van der Waals surface area (Å²) >= 11 is 0. The van der Waals surface area contributed by atoms with E-state index in [-0.39, 0.29) is 0 Å². The van der Waals surface area contributed by atoms with E-state index in [1.165, 1.54) is 18.4 Å². The van der Waals surface area contributed by atoms with E-state index in [1.54, 1.807) is 18.3 Å². The molecule has 92 valence electrons. The largest absolute Gasteiger partial charge is 0.497 e. The van der Waals surface area contributed by atoms with E-state index in [0.717, 1.165) is 11.7 Å². The van der Waals surface area contributed by atoms with Gasteiger partial charge in [-0.2, -0.15) is 0 Å². The van der Waals surface area contributed by atoms with Crippen molar-refractivity contribution < 1.29 is 4.74 Å². The van der Waals surface area contributed by atoms with Crippen LogP contribution >= 0.6 is 0 Å². The Labute approximate surface area is 104 Å². The first-order valence-electron chi connectivity index (χ1n) is 6.41. The van der Waals surface area contributed by atoms with Gasteiger partial charge in [0.1, 0.15) is 5.75 Å². The number of ether oxygens (including phenoxy) is 1. The molecule has 1 aromatic rings. The minimum Gasteiger partial charge on any atom is -0.497 e. The summed E-state index contributed by atoms with van der Waals surface area (Å²) in [6, 6.07) is 8.58. The summed E-state index contributed by atoms with van der Waals surface area (Å²) in [5, 5.41) is 0. The normalized spacial score (nSPS) is 24.9. The van der Waals surface area contributed by atoms with Gasteiger partial charge in [0, 0.05) is 0 Å². The van der Waals surface area contributed by atoms with Crippen molar-refractivity contribution in [3.63, 3.8) is 0 Å². The van der Waals surface area contributed by atoms with Crippen LogP contribution in [-0.2, 0) is 0 Å². The van der Waals surface area contributed by atoms with Crippen LogP contribution in [-0.4, -0.2) is 7.11 Å². The molecule has 0 aromatic heterocycles. The van der Waals surface area contributed by atoms with Gasteiger partial charge in [-0.25, -0.2) is 0 Å². The van der Waals surface area contributed by atoms with Gasteiger partial charge in [-0.1, -0.05) is 30.2 Å². The lowest BCUT2D eigenvalue weighted by Crippen LogP contribution is -2.16. The van der Waals surface area contributed by atoms with Gasteiger partial charge in [0.05, 0.1) is 7.11 Å². The van der Waals surface area contributed by atoms with Crippen LogP contribution in [0.1, 0.15) is 45.1 Å². The van der Waals surface area contributed by atoms with Crippen LogP contribution in [0.4, 0.5) is 0 Å². The van der Waals surface area contributed by atoms with Gasteiger partial charge in [-0.3, -0.25) is 0 Å². The molecule has 0 unspecified atom stereocenters. The second-order valence-electron chi connectivity index (χ2n) is 5.33. The highest BCUT2D eigenvalue weighted by Gasteiger charge is 2.24. The number of hydrogen-bond donors (Lipinski definition) is 0. The van der Waals surface area contributed by atoms with Crippen molar-refractivity contribution in [3.8, 4) is 5.75 Å². The van der Waals surface area contributed by atoms with Crippen molar-refractivity contribution >= 4 is 0 Å². The SMILES string of the molecule is COc1ccc([C@@H]2CC(C)=C(C)C[C@H]2C)cc1. The summed E-state index contributed by atoms with van der Waals surface area (Å²) < 4.78 is 5.21. The van der Waals surface area contributed by atoms with Gasteiger partial charge in [0.15, 0.2) is 0 Å². The average molecular weight is 230 g/mol. The molecule has 0 bridgehead atoms. The smallest absolute Gasteiger partial charge is 0.118 e. The maximum Gasteiger partial charge on any atom is 0.118 e. The maximum atomic E-state index is 5.21. The number of methoxy groups -OCH3 is 1. The predicted octanol–water partition coefficient (Wildman–Crippen LogP) is 4.55. The highest BCUT2D eigenvalue weighted by atomic mass is 16.5. The van der Waals surface area contributed by atoms with Crippen LogP contribution in [0.3, 0.4) is 0 Å². The molecule has 17 heavy (non-hydrogen) atoms. The Hall–Kier alpha value is -1.24. The fourth-order valence-electron chi connectivity index (χ4n) is 2.80. The van der Waals surface area contributed by atoms with Crippen molar-refractivity contribution in [1.82, 2.24) is 0 Å². The standard InChI is InChI=1S/C16H22O/c1-11-9-13(3)16(10-12(11)2)14-5-7-15(17-4)8-6-14/h5-8,13,16H,9-10H2,1-4H3/t13-,16-/m1/s1. The Morgan fingerprint density at radius 1 is 1.00 bits per heavy atom. The van der Waals surface area contributed by atoms with E-state index >= 15 is 0 Å². The molecule has 0 heterocycles. The third-order valence-corrected chi connectivity index (χ3v) is 4.11. The highest BCUT2D eigenvalue weighted by Crippen LogP contribution is 2.40. The maximum absolute atomic E-state index is 5.21. The summed E-state index contributed by atoms with van der Waals surface area (Å²) in [6.45, 7) is 6.92. The van der Waals surface area contributed by atoms with Gasteiger partial charge in [-0.05, 0) is 56.2 Å². The zero-order valence-corrected chi connectivity index (χ0v) is 11.3. The predicted molar refractivity (Wildman–Crippen MR) is 72.5 cm³/mol. The van der Waals surface area contributed by atoms with Crippen LogP contribution in [0.5, 0.6) is 5.75 Å². The third-order valence-electron chi connectivity index (χ3n) is 4.11. The van der Waals surface area contributed by atoms with E-state index in [2.05, 4.69) is 45.0 Å². The molecule has 0 aliphatic heterocycles. The lowest BCUT2D eigenvalue weighted by atomic mass is 9.74. The molecule has 0 spiro atoms. The molecule has 2 atom stereocenters. The molecule has 0 amide bonds. The summed E-state index contributed by atoms with van der Waals surface area (Å²) in [7, 11) is 1.72. The van der Waals surface area contributed by atoms with Crippen LogP contribution in [0.15, 0.2) is 35.4 Å². The van der Waals surface area contributed by atoms with Crippen molar-refractivity contribution in [3.05, 3.63) is 41.0 Å². The number of benzene rings is 1. The van der Waals surface area contributed by atoms with Crippen LogP contribution < -0.4 is 4.74 Å². The molecule has 1 nitrogen and oxygen atoms in total. The lowest BCUT2D eigenvalue weighted by Gasteiger charge is -2.31. The Balaban J connectivity index is 2.22. The van der Waals surface area contributed by atoms with Gasteiger partial charge in [0.25, 0.3) is 0 Å². The topological polar surface area (TPSA) is 9.23 Å². The van der Waals surface area contributed by atoms with Gasteiger partial charge < -0.3 is 4.74 Å². The van der Waals surface area contributed by atoms with E-state index < -0.39 is 0 Å². The second kappa shape index (κ2) is 4.95. The minimum absolute atomic E-state index is 0.671. The first-order chi connectivity index (χ1) is 8.11. The molecule has 0 radical (unpaired) electrons. The Morgan fingerprint density at radius 3 is 2.18 bits per heavy atom. The first kappa shape index (κ1) is 12.2. The molecule has 0 saturated heterocycles. The molecule has 0 fully saturated rings. The highest BCUT2D eigenvalue weighted by molar-refractivity contribution is 5.32. The van der Waals surface area contributed by atoms with Crippen molar-refractivity contribution in [2.24, 2.45) is 5.92 Å². The Morgan fingerprint density at radius 2 is 1.59 bits per heavy atom. The Bertz CT molecular complexity index is 414. The summed E-state index contributed by atoms with van der Waals surface area (Å²) in [4.78, 5) is 0. The molecule has 2 rings (SSSR count). The van der Waals surface area contributed by atoms with Crippen LogP contribution in [0, 0.1) is 5.92 Å². The summed E-state index contributed by atoms with van der Waals surface area (Å²) in [5.74, 6) is 2.36. The van der Waals surface area contributed by atoms with Gasteiger partial charge in [-0.15, -0.1) is 0 Å². The van der Waals surface area contributed by atoms with Gasteiger partial charge >= 0.3 is 0 Å². The zero-order chi connectivity index (χ0) is 12.4. The minimum atomic E-state index is 0.671. The van der Waals surface area contributed by atoms with E-state index in [1.807, 2.05) is 0 Å². The van der Waals surface area contributed by atoms with Gasteiger partial charge in [0.2, 0.25) is 0 Å². The lowest BCUT2D eigenvalue weighted by molar-refractivity contribution is 0.410. The monoisotopic (exact) mass is 230 g/mol. The van der Waals surface area contributed by atoms with Crippen molar-refractivity contribution in [2.45, 2.75) is 39.5 Å². The van der Waals surface area contributed by atoms with E-state index in [4.69, 9.17) is 4.74 Å².